The van der Waals surface area contributed by atoms with Crippen molar-refractivity contribution in [1.29, 1.82) is 0 Å². The second-order valence-electron chi connectivity index (χ2n) is 5.26. The molecule has 0 aliphatic carbocycles. The van der Waals surface area contributed by atoms with Gasteiger partial charge >= 0.3 is 5.51 Å². The van der Waals surface area contributed by atoms with Gasteiger partial charge in [0.1, 0.15) is 10.6 Å². The number of para-hydroxylation sites is 1. The fourth-order valence-corrected chi connectivity index (χ4v) is 3.02. The van der Waals surface area contributed by atoms with Crippen LogP contribution in [0.1, 0.15) is 12.0 Å². The van der Waals surface area contributed by atoms with E-state index >= 15 is 0 Å². The average Bonchev–Trinajstić information content (AvgIpc) is 2.58. The van der Waals surface area contributed by atoms with E-state index in [1.165, 1.54) is 18.2 Å². The standard InChI is InChI=1S/C17H18F3NO3S/c18-17(19,20)25(22,23)16-10-5-4-9-15(16)24-12-6-11-21-13-14-7-2-1-3-8-14/h1-5,7-10,21H,6,11-13H2. The zero-order valence-corrected chi connectivity index (χ0v) is 14.1. The van der Waals surface area contributed by atoms with Crippen molar-refractivity contribution in [2.75, 3.05) is 13.2 Å². The number of benzene rings is 2. The highest BCUT2D eigenvalue weighted by molar-refractivity contribution is 7.92. The highest BCUT2D eigenvalue weighted by atomic mass is 32.2. The minimum Gasteiger partial charge on any atom is -0.492 e. The van der Waals surface area contributed by atoms with Crippen molar-refractivity contribution in [2.45, 2.75) is 23.4 Å². The van der Waals surface area contributed by atoms with Crippen LogP contribution in [0.3, 0.4) is 0 Å². The zero-order valence-electron chi connectivity index (χ0n) is 13.3. The first-order valence-corrected chi connectivity index (χ1v) is 9.08. The smallest absolute Gasteiger partial charge is 0.492 e. The predicted octanol–water partition coefficient (Wildman–Crippen LogP) is 3.54. The van der Waals surface area contributed by atoms with E-state index in [0.717, 1.165) is 11.6 Å². The fraction of sp³-hybridized carbons (Fsp3) is 0.294. The van der Waals surface area contributed by atoms with Gasteiger partial charge in [0.05, 0.1) is 6.61 Å². The third-order valence-corrected chi connectivity index (χ3v) is 4.90. The van der Waals surface area contributed by atoms with Crippen LogP contribution >= 0.6 is 0 Å². The Labute approximate surface area is 144 Å². The third kappa shape index (κ3) is 5.20. The number of ether oxygens (including phenoxy) is 1. The lowest BCUT2D eigenvalue weighted by molar-refractivity contribution is -0.0437. The van der Waals surface area contributed by atoms with E-state index in [2.05, 4.69) is 5.32 Å². The Morgan fingerprint density at radius 2 is 1.60 bits per heavy atom. The number of halogens is 3. The molecule has 0 amide bonds. The molecule has 2 aromatic carbocycles. The van der Waals surface area contributed by atoms with E-state index in [1.54, 1.807) is 0 Å². The SMILES string of the molecule is O=S(=O)(c1ccccc1OCCCNCc1ccccc1)C(F)(F)F. The molecule has 0 bridgehead atoms. The minimum absolute atomic E-state index is 0.103. The van der Waals surface area contributed by atoms with E-state index in [1.807, 2.05) is 30.3 Å². The second-order valence-corrected chi connectivity index (χ2v) is 7.17. The van der Waals surface area contributed by atoms with Crippen LogP contribution in [0.2, 0.25) is 0 Å². The molecule has 1 N–H and O–H groups in total. The summed E-state index contributed by atoms with van der Waals surface area (Å²) in [6.45, 7) is 1.36. The molecule has 136 valence electrons. The maximum atomic E-state index is 12.7. The molecule has 0 atom stereocenters. The highest BCUT2D eigenvalue weighted by Crippen LogP contribution is 2.35. The summed E-state index contributed by atoms with van der Waals surface area (Å²) in [7, 11) is -5.43. The van der Waals surface area contributed by atoms with Crippen LogP contribution in [0.5, 0.6) is 5.75 Å². The van der Waals surface area contributed by atoms with E-state index < -0.39 is 20.2 Å². The van der Waals surface area contributed by atoms with Crippen molar-refractivity contribution in [2.24, 2.45) is 0 Å². The van der Waals surface area contributed by atoms with Crippen molar-refractivity contribution in [3.8, 4) is 5.75 Å². The Morgan fingerprint density at radius 3 is 2.28 bits per heavy atom. The maximum Gasteiger partial charge on any atom is 0.502 e. The van der Waals surface area contributed by atoms with Crippen LogP contribution in [0, 0.1) is 0 Å². The first-order valence-electron chi connectivity index (χ1n) is 7.60. The third-order valence-electron chi connectivity index (χ3n) is 3.37. The lowest BCUT2D eigenvalue weighted by Crippen LogP contribution is -2.24. The van der Waals surface area contributed by atoms with Gasteiger partial charge in [0.15, 0.2) is 0 Å². The molecule has 25 heavy (non-hydrogen) atoms. The molecule has 0 fully saturated rings. The van der Waals surface area contributed by atoms with Crippen molar-refractivity contribution in [3.63, 3.8) is 0 Å². The van der Waals surface area contributed by atoms with Crippen molar-refractivity contribution in [3.05, 3.63) is 60.2 Å². The molecule has 0 heterocycles. The van der Waals surface area contributed by atoms with Gasteiger partial charge in [0.25, 0.3) is 9.84 Å². The van der Waals surface area contributed by atoms with E-state index in [0.29, 0.717) is 19.5 Å². The van der Waals surface area contributed by atoms with Gasteiger partial charge in [0, 0.05) is 6.54 Å². The second kappa shape index (κ2) is 8.35. The molecule has 0 aromatic heterocycles. The van der Waals surface area contributed by atoms with Gasteiger partial charge in [-0.25, -0.2) is 8.42 Å². The van der Waals surface area contributed by atoms with Gasteiger partial charge in [0.2, 0.25) is 0 Å². The van der Waals surface area contributed by atoms with Gasteiger partial charge in [-0.15, -0.1) is 0 Å². The summed E-state index contributed by atoms with van der Waals surface area (Å²) in [6, 6.07) is 14.5. The number of hydrogen-bond donors (Lipinski definition) is 1. The summed E-state index contributed by atoms with van der Waals surface area (Å²) in [5.41, 5.74) is -4.24. The molecule has 0 unspecified atom stereocenters. The van der Waals surface area contributed by atoms with Crippen LogP contribution in [0.15, 0.2) is 59.5 Å². The van der Waals surface area contributed by atoms with Crippen LogP contribution in [-0.2, 0) is 16.4 Å². The quantitative estimate of drug-likeness (QED) is 0.719. The first-order chi connectivity index (χ1) is 11.8. The van der Waals surface area contributed by atoms with Crippen molar-refractivity contribution in [1.82, 2.24) is 5.32 Å². The lowest BCUT2D eigenvalue weighted by atomic mass is 10.2. The summed E-state index contributed by atoms with van der Waals surface area (Å²) < 4.78 is 66.4. The monoisotopic (exact) mass is 373 g/mol. The summed E-state index contributed by atoms with van der Waals surface area (Å²) in [6.07, 6.45) is 0.521. The molecule has 2 aromatic rings. The van der Waals surface area contributed by atoms with Gasteiger partial charge < -0.3 is 10.1 Å². The Kier molecular flexibility index (Phi) is 6.44. The predicted molar refractivity (Wildman–Crippen MR) is 87.9 cm³/mol. The topological polar surface area (TPSA) is 55.4 Å². The number of nitrogens with one attached hydrogen (secondary N) is 1. The highest BCUT2D eigenvalue weighted by Gasteiger charge is 2.48. The van der Waals surface area contributed by atoms with Gasteiger partial charge in [-0.3, -0.25) is 0 Å². The largest absolute Gasteiger partial charge is 0.502 e. The van der Waals surface area contributed by atoms with E-state index in [-0.39, 0.29) is 12.4 Å². The Balaban J connectivity index is 1.86. The minimum atomic E-state index is -5.43. The number of sulfone groups is 1. The first kappa shape index (κ1) is 19.3. The van der Waals surface area contributed by atoms with E-state index in [9.17, 15) is 21.6 Å². The molecule has 2 rings (SSSR count). The normalized spacial score (nSPS) is 12.1. The zero-order chi connectivity index (χ0) is 18.3. The molecule has 0 saturated carbocycles. The molecule has 4 nitrogen and oxygen atoms in total. The Morgan fingerprint density at radius 1 is 0.960 bits per heavy atom. The van der Waals surface area contributed by atoms with Gasteiger partial charge in [-0.2, -0.15) is 13.2 Å². The number of alkyl halides is 3. The van der Waals surface area contributed by atoms with Gasteiger partial charge in [-0.1, -0.05) is 42.5 Å². The molecule has 0 aliphatic heterocycles. The molecule has 0 saturated heterocycles. The summed E-state index contributed by atoms with van der Waals surface area (Å²) >= 11 is 0. The summed E-state index contributed by atoms with van der Waals surface area (Å²) in [5, 5.41) is 3.18. The lowest BCUT2D eigenvalue weighted by Gasteiger charge is -2.13. The fourth-order valence-electron chi connectivity index (χ4n) is 2.12. The van der Waals surface area contributed by atoms with Crippen LogP contribution in [0.25, 0.3) is 0 Å². The van der Waals surface area contributed by atoms with Crippen LogP contribution in [0.4, 0.5) is 13.2 Å². The van der Waals surface area contributed by atoms with Gasteiger partial charge in [-0.05, 0) is 30.7 Å². The van der Waals surface area contributed by atoms with Crippen LogP contribution < -0.4 is 10.1 Å². The molecular weight excluding hydrogens is 355 g/mol. The van der Waals surface area contributed by atoms with Crippen LogP contribution in [-0.4, -0.2) is 27.1 Å². The maximum absolute atomic E-state index is 12.7. The number of rotatable bonds is 8. The molecule has 0 spiro atoms. The van der Waals surface area contributed by atoms with Crippen molar-refractivity contribution < 1.29 is 26.3 Å². The summed E-state index contributed by atoms with van der Waals surface area (Å²) in [5.74, 6) is -0.289. The molecule has 8 heteroatoms. The molecule has 0 radical (unpaired) electrons. The number of hydrogen-bond acceptors (Lipinski definition) is 4. The summed E-state index contributed by atoms with van der Waals surface area (Å²) in [4.78, 5) is -0.861. The average molecular weight is 373 g/mol. The molecular formula is C17H18F3NO3S. The van der Waals surface area contributed by atoms with Crippen molar-refractivity contribution >= 4 is 9.84 Å². The Hall–Kier alpha value is -2.06. The molecule has 0 aliphatic rings. The Bertz CT molecular complexity index is 777. The van der Waals surface area contributed by atoms with E-state index in [4.69, 9.17) is 4.74 Å².